The quantitative estimate of drug-likeness (QED) is 0.609. The smallest absolute Gasteiger partial charge is 0.0817 e. The van der Waals surface area contributed by atoms with Crippen molar-refractivity contribution in [2.24, 2.45) is 0 Å². The van der Waals surface area contributed by atoms with Crippen molar-refractivity contribution in [3.63, 3.8) is 0 Å². The summed E-state index contributed by atoms with van der Waals surface area (Å²) in [5, 5.41) is 10.1. The lowest BCUT2D eigenvalue weighted by Crippen LogP contribution is -3.16. The topological polar surface area (TPSA) is 24.7 Å². The number of hydrogen-bond acceptors (Lipinski definition) is 1. The summed E-state index contributed by atoms with van der Waals surface area (Å²) in [4.78, 5) is 1.62. The van der Waals surface area contributed by atoms with E-state index in [9.17, 15) is 5.11 Å². The monoisotopic (exact) mass is 184 g/mol. The molecule has 0 atom stereocenters. The highest BCUT2D eigenvalue weighted by Crippen LogP contribution is 2.20. The Bertz CT molecular complexity index is 169. The third-order valence-electron chi connectivity index (χ3n) is 3.16. The highest BCUT2D eigenvalue weighted by Gasteiger charge is 2.33. The Hall–Kier alpha value is -0.340. The Kier molecular flexibility index (Phi) is 3.51. The number of nitrogens with one attached hydrogen (secondary N) is 1. The van der Waals surface area contributed by atoms with Crippen LogP contribution >= 0.6 is 0 Å². The zero-order chi connectivity index (χ0) is 9.90. The van der Waals surface area contributed by atoms with Gasteiger partial charge in [0, 0.05) is 12.8 Å². The number of hydrogen-bond donors (Lipinski definition) is 2. The molecule has 1 saturated heterocycles. The van der Waals surface area contributed by atoms with Crippen LogP contribution in [-0.2, 0) is 0 Å². The minimum absolute atomic E-state index is 0.444. The van der Waals surface area contributed by atoms with Crippen molar-refractivity contribution < 1.29 is 10.0 Å². The Balaban J connectivity index is 2.41. The van der Waals surface area contributed by atoms with Gasteiger partial charge in [0.05, 0.1) is 24.7 Å². The summed E-state index contributed by atoms with van der Waals surface area (Å²) in [7, 11) is 0. The molecule has 0 aromatic carbocycles. The van der Waals surface area contributed by atoms with Crippen LogP contribution in [0.3, 0.4) is 0 Å². The van der Waals surface area contributed by atoms with Gasteiger partial charge < -0.3 is 10.0 Å². The average Bonchev–Trinajstić information content (AvgIpc) is 2.05. The van der Waals surface area contributed by atoms with Gasteiger partial charge in [-0.25, -0.2) is 0 Å². The molecule has 1 aliphatic heterocycles. The molecule has 0 saturated carbocycles. The lowest BCUT2D eigenvalue weighted by atomic mass is 9.88. The van der Waals surface area contributed by atoms with Crippen LogP contribution in [0, 0.1) is 0 Å². The van der Waals surface area contributed by atoms with Gasteiger partial charge >= 0.3 is 0 Å². The van der Waals surface area contributed by atoms with Crippen LogP contribution < -0.4 is 4.90 Å². The van der Waals surface area contributed by atoms with Crippen LogP contribution in [0.1, 0.15) is 33.1 Å². The first-order valence-electron chi connectivity index (χ1n) is 5.25. The molecule has 1 heterocycles. The molecule has 0 aliphatic carbocycles. The molecule has 1 fully saturated rings. The zero-order valence-electron chi connectivity index (χ0n) is 8.84. The molecular weight excluding hydrogens is 162 g/mol. The van der Waals surface area contributed by atoms with Gasteiger partial charge in [-0.05, 0) is 20.3 Å². The molecule has 0 radical (unpaired) electrons. The van der Waals surface area contributed by atoms with E-state index < -0.39 is 5.60 Å². The highest BCUT2D eigenvalue weighted by atomic mass is 16.3. The Morgan fingerprint density at radius 1 is 1.46 bits per heavy atom. The summed E-state index contributed by atoms with van der Waals surface area (Å²) in [6.45, 7) is 10.4. The van der Waals surface area contributed by atoms with Crippen LogP contribution in [0.2, 0.25) is 0 Å². The van der Waals surface area contributed by atoms with Crippen LogP contribution in [0.25, 0.3) is 0 Å². The van der Waals surface area contributed by atoms with Gasteiger partial charge in [-0.15, -0.1) is 6.58 Å². The molecule has 76 valence electrons. The van der Waals surface area contributed by atoms with Crippen LogP contribution in [0.15, 0.2) is 12.7 Å². The molecule has 2 N–H and O–H groups in total. The second-order valence-electron chi connectivity index (χ2n) is 4.53. The number of aliphatic hydroxyl groups is 1. The van der Waals surface area contributed by atoms with Crippen LogP contribution in [0.5, 0.6) is 0 Å². The van der Waals surface area contributed by atoms with Gasteiger partial charge in [-0.1, -0.05) is 6.08 Å². The molecular formula is C11H22NO+. The number of rotatable bonds is 3. The molecule has 0 aromatic rings. The summed E-state index contributed by atoms with van der Waals surface area (Å²) in [6.07, 6.45) is 4.43. The lowest BCUT2D eigenvalue weighted by Gasteiger charge is -2.37. The predicted octanol–water partition coefficient (Wildman–Crippen LogP) is 0.381. The Morgan fingerprint density at radius 3 is 2.38 bits per heavy atom. The fourth-order valence-electron chi connectivity index (χ4n) is 2.09. The summed E-state index contributed by atoms with van der Waals surface area (Å²) in [6, 6.07) is 0.688. The zero-order valence-corrected chi connectivity index (χ0v) is 8.84. The summed E-state index contributed by atoms with van der Waals surface area (Å²) in [5.41, 5.74) is -0.444. The van der Waals surface area contributed by atoms with Crippen molar-refractivity contribution >= 4 is 0 Å². The van der Waals surface area contributed by atoms with Crippen molar-refractivity contribution in [2.75, 3.05) is 13.1 Å². The van der Waals surface area contributed by atoms with Crippen LogP contribution in [0.4, 0.5) is 0 Å². The molecule has 13 heavy (non-hydrogen) atoms. The van der Waals surface area contributed by atoms with Gasteiger partial charge in [0.15, 0.2) is 0 Å². The minimum atomic E-state index is -0.444. The molecule has 0 spiro atoms. The van der Waals surface area contributed by atoms with E-state index in [-0.39, 0.29) is 0 Å². The third-order valence-corrected chi connectivity index (χ3v) is 3.16. The molecule has 0 bridgehead atoms. The lowest BCUT2D eigenvalue weighted by molar-refractivity contribution is -0.928. The van der Waals surface area contributed by atoms with Gasteiger partial charge in [0.2, 0.25) is 0 Å². The first-order chi connectivity index (χ1) is 6.07. The maximum Gasteiger partial charge on any atom is 0.0817 e. The number of quaternary nitrogens is 1. The van der Waals surface area contributed by atoms with Crippen molar-refractivity contribution in [2.45, 2.75) is 44.8 Å². The minimum Gasteiger partial charge on any atom is -0.389 e. The average molecular weight is 184 g/mol. The maximum absolute atomic E-state index is 10.1. The van der Waals surface area contributed by atoms with E-state index in [0.29, 0.717) is 6.04 Å². The second-order valence-corrected chi connectivity index (χ2v) is 4.53. The molecule has 2 heteroatoms. The van der Waals surface area contributed by atoms with E-state index in [1.807, 2.05) is 6.08 Å². The van der Waals surface area contributed by atoms with Gasteiger partial charge in [0.1, 0.15) is 0 Å². The number of likely N-dealkylation sites (tertiary alicyclic amines) is 1. The van der Waals surface area contributed by atoms with E-state index in [4.69, 9.17) is 0 Å². The maximum atomic E-state index is 10.1. The fraction of sp³-hybridized carbons (Fsp3) is 0.818. The molecule has 1 rings (SSSR count). The second kappa shape index (κ2) is 4.25. The first-order valence-corrected chi connectivity index (χ1v) is 5.25. The van der Waals surface area contributed by atoms with Crippen molar-refractivity contribution in [3.05, 3.63) is 12.7 Å². The van der Waals surface area contributed by atoms with Crippen molar-refractivity contribution in [1.82, 2.24) is 0 Å². The Morgan fingerprint density at radius 2 is 2.00 bits per heavy atom. The predicted molar refractivity (Wildman–Crippen MR) is 54.8 cm³/mol. The van der Waals surface area contributed by atoms with Crippen molar-refractivity contribution in [3.8, 4) is 0 Å². The van der Waals surface area contributed by atoms with E-state index in [2.05, 4.69) is 20.4 Å². The van der Waals surface area contributed by atoms with Gasteiger partial charge in [-0.2, -0.15) is 0 Å². The SMILES string of the molecule is C=CCC1(O)CC[NH+](C(C)C)CC1. The highest BCUT2D eigenvalue weighted by molar-refractivity contribution is 4.87. The fourth-order valence-corrected chi connectivity index (χ4v) is 2.09. The summed E-state index contributed by atoms with van der Waals surface area (Å²) in [5.74, 6) is 0. The first kappa shape index (κ1) is 10.7. The number of piperidine rings is 1. The molecule has 1 aliphatic rings. The van der Waals surface area contributed by atoms with Gasteiger partial charge in [-0.3, -0.25) is 0 Å². The van der Waals surface area contributed by atoms with E-state index in [1.165, 1.54) is 0 Å². The summed E-state index contributed by atoms with van der Waals surface area (Å²) >= 11 is 0. The van der Waals surface area contributed by atoms with E-state index >= 15 is 0 Å². The van der Waals surface area contributed by atoms with Crippen molar-refractivity contribution in [1.29, 1.82) is 0 Å². The standard InChI is InChI=1S/C11H21NO/c1-4-5-11(13)6-8-12(9-7-11)10(2)3/h4,10,13H,1,5-9H2,2-3H3/p+1. The molecule has 0 unspecified atom stereocenters. The van der Waals surface area contributed by atoms with Gasteiger partial charge in [0.25, 0.3) is 0 Å². The Labute approximate surface area is 81.2 Å². The van der Waals surface area contributed by atoms with E-state index in [1.54, 1.807) is 4.90 Å². The molecule has 2 nitrogen and oxygen atoms in total. The summed E-state index contributed by atoms with van der Waals surface area (Å²) < 4.78 is 0. The molecule has 0 aromatic heterocycles. The van der Waals surface area contributed by atoms with E-state index in [0.717, 1.165) is 32.4 Å². The van der Waals surface area contributed by atoms with Crippen LogP contribution in [-0.4, -0.2) is 29.8 Å². The normalized spacial score (nSPS) is 34.9. The largest absolute Gasteiger partial charge is 0.389 e. The molecule has 0 amide bonds. The third kappa shape index (κ3) is 2.82.